The Morgan fingerprint density at radius 3 is 0.986 bits per heavy atom. The number of pyridine rings is 1. The van der Waals surface area contributed by atoms with Crippen LogP contribution < -0.4 is 0 Å². The topological polar surface area (TPSA) is 32.6 Å². The minimum absolute atomic E-state index is 0.838. The lowest BCUT2D eigenvalue weighted by molar-refractivity contribution is 1.06. The molecule has 0 bridgehead atoms. The maximum absolute atomic E-state index is 5.96. The van der Waals surface area contributed by atoms with Gasteiger partial charge in [-0.25, -0.2) is 4.98 Å². The van der Waals surface area contributed by atoms with Crippen LogP contribution in [-0.2, 0) is 0 Å². The summed E-state index contributed by atoms with van der Waals surface area (Å²) in [5, 5.41) is 9.66. The van der Waals surface area contributed by atoms with E-state index in [2.05, 4.69) is 267 Å². The molecule has 0 atom stereocenters. The van der Waals surface area contributed by atoms with E-state index in [1.54, 1.807) is 0 Å². The molecule has 15 rings (SSSR count). The largest absolute Gasteiger partial charge is 0.309 e. The second-order valence-electron chi connectivity index (χ2n) is 18.3. The maximum atomic E-state index is 5.96. The molecule has 0 radical (unpaired) electrons. The first kappa shape index (κ1) is 38.6. The van der Waals surface area contributed by atoms with Crippen molar-refractivity contribution in [3.05, 3.63) is 249 Å². The molecule has 0 spiro atoms. The molecule has 0 amide bonds. The highest BCUT2D eigenvalue weighted by molar-refractivity contribution is 6.13. The molecule has 0 aliphatic rings. The Morgan fingerprint density at radius 2 is 0.557 bits per heavy atom. The fraction of sp³-hybridized carbons (Fsp3) is 0. The van der Waals surface area contributed by atoms with Crippen molar-refractivity contribution in [3.63, 3.8) is 0 Å². The molecule has 326 valence electrons. The monoisotopic (exact) mass is 891 g/mol. The third kappa shape index (κ3) is 5.51. The number of aromatic nitrogens is 5. The lowest BCUT2D eigenvalue weighted by Crippen LogP contribution is -2.06. The summed E-state index contributed by atoms with van der Waals surface area (Å²) in [5.41, 5.74) is 16.3. The summed E-state index contributed by atoms with van der Waals surface area (Å²) >= 11 is 0. The van der Waals surface area contributed by atoms with Crippen LogP contribution in [0.3, 0.4) is 0 Å². The van der Waals surface area contributed by atoms with E-state index in [0.29, 0.717) is 0 Å². The number of benzene rings is 10. The Bertz CT molecular complexity index is 4270. The molecule has 5 nitrogen and oxygen atoms in total. The highest BCUT2D eigenvalue weighted by atomic mass is 15.1. The van der Waals surface area contributed by atoms with Gasteiger partial charge in [0.1, 0.15) is 5.82 Å². The first-order valence-corrected chi connectivity index (χ1v) is 24.0. The van der Waals surface area contributed by atoms with Crippen molar-refractivity contribution in [2.24, 2.45) is 0 Å². The zero-order valence-corrected chi connectivity index (χ0v) is 37.9. The average molecular weight is 892 g/mol. The van der Waals surface area contributed by atoms with Crippen LogP contribution in [0.15, 0.2) is 249 Å². The van der Waals surface area contributed by atoms with Gasteiger partial charge in [0, 0.05) is 60.3 Å². The van der Waals surface area contributed by atoms with Crippen molar-refractivity contribution in [2.75, 3.05) is 0 Å². The molecule has 5 heteroatoms. The van der Waals surface area contributed by atoms with E-state index >= 15 is 0 Å². The van der Waals surface area contributed by atoms with E-state index in [0.717, 1.165) is 89.4 Å². The Labute approximate surface area is 402 Å². The van der Waals surface area contributed by atoms with Crippen molar-refractivity contribution >= 4 is 87.2 Å². The molecule has 0 aliphatic carbocycles. The molecule has 10 aromatic carbocycles. The SMILES string of the molecule is c1ccc(-n2c3ccccc3c3ccccc32)c(-c2cccc(-n3c4ccccc4c4ccccc43)c2-c2cc(-n3c4ccccc4c4ccccc43)cc(-n3c4ccccc4c4ccccc43)n2)c1. The van der Waals surface area contributed by atoms with Gasteiger partial charge in [-0.15, -0.1) is 0 Å². The Morgan fingerprint density at radius 1 is 0.243 bits per heavy atom. The van der Waals surface area contributed by atoms with E-state index in [1.807, 2.05) is 0 Å². The molecule has 0 N–H and O–H groups in total. The lowest BCUT2D eigenvalue weighted by atomic mass is 9.93. The lowest BCUT2D eigenvalue weighted by Gasteiger charge is -2.22. The van der Waals surface area contributed by atoms with Gasteiger partial charge in [-0.2, -0.15) is 0 Å². The number of nitrogens with zero attached hydrogens (tertiary/aromatic N) is 5. The minimum atomic E-state index is 0.838. The molecule has 0 saturated heterocycles. The zero-order chi connectivity index (χ0) is 45.9. The van der Waals surface area contributed by atoms with E-state index in [9.17, 15) is 0 Å². The summed E-state index contributed by atoms with van der Waals surface area (Å²) in [6, 6.07) is 90.5. The van der Waals surface area contributed by atoms with Crippen LogP contribution in [0.4, 0.5) is 0 Å². The van der Waals surface area contributed by atoms with Gasteiger partial charge in [0.2, 0.25) is 0 Å². The molecular formula is C65H41N5. The predicted octanol–water partition coefficient (Wildman–Crippen LogP) is 16.8. The van der Waals surface area contributed by atoms with Crippen LogP contribution in [0.1, 0.15) is 0 Å². The first-order chi connectivity index (χ1) is 34.8. The van der Waals surface area contributed by atoms with Crippen LogP contribution in [0.5, 0.6) is 0 Å². The van der Waals surface area contributed by atoms with Crippen molar-refractivity contribution in [3.8, 4) is 45.3 Å². The third-order valence-corrected chi connectivity index (χ3v) is 14.6. The van der Waals surface area contributed by atoms with Crippen LogP contribution in [0, 0.1) is 0 Å². The van der Waals surface area contributed by atoms with E-state index in [4.69, 9.17) is 4.98 Å². The van der Waals surface area contributed by atoms with Gasteiger partial charge in [-0.05, 0) is 72.3 Å². The van der Waals surface area contributed by atoms with Crippen molar-refractivity contribution < 1.29 is 0 Å². The summed E-state index contributed by atoms with van der Waals surface area (Å²) in [5.74, 6) is 0.838. The van der Waals surface area contributed by atoms with Crippen LogP contribution in [0.2, 0.25) is 0 Å². The molecule has 5 aromatic heterocycles. The molecule has 15 aromatic rings. The molecule has 0 fully saturated rings. The number of para-hydroxylation sites is 9. The van der Waals surface area contributed by atoms with Crippen LogP contribution in [0.25, 0.3) is 132 Å². The van der Waals surface area contributed by atoms with Crippen LogP contribution in [-0.4, -0.2) is 23.3 Å². The summed E-state index contributed by atoms with van der Waals surface area (Å²) in [7, 11) is 0. The number of fused-ring (bicyclic) bond motifs is 12. The average Bonchev–Trinajstić information content (AvgIpc) is 4.16. The van der Waals surface area contributed by atoms with Gasteiger partial charge in [0.25, 0.3) is 0 Å². The molecule has 0 aliphatic heterocycles. The van der Waals surface area contributed by atoms with Gasteiger partial charge in [0.15, 0.2) is 0 Å². The summed E-state index contributed by atoms with van der Waals surface area (Å²) in [6.07, 6.45) is 0. The Kier molecular flexibility index (Phi) is 8.29. The van der Waals surface area contributed by atoms with Gasteiger partial charge < -0.3 is 13.7 Å². The van der Waals surface area contributed by atoms with Gasteiger partial charge in [0.05, 0.1) is 66.9 Å². The van der Waals surface area contributed by atoms with E-state index < -0.39 is 0 Å². The molecule has 70 heavy (non-hydrogen) atoms. The predicted molar refractivity (Wildman–Crippen MR) is 292 cm³/mol. The second-order valence-corrected chi connectivity index (χ2v) is 18.3. The Hall–Kier alpha value is -9.45. The van der Waals surface area contributed by atoms with Crippen molar-refractivity contribution in [1.29, 1.82) is 0 Å². The van der Waals surface area contributed by atoms with E-state index in [1.165, 1.54) is 43.1 Å². The van der Waals surface area contributed by atoms with Crippen molar-refractivity contribution in [1.82, 2.24) is 23.3 Å². The van der Waals surface area contributed by atoms with Gasteiger partial charge >= 0.3 is 0 Å². The molecule has 0 saturated carbocycles. The highest BCUT2D eigenvalue weighted by Gasteiger charge is 2.25. The molecule has 0 unspecified atom stereocenters. The van der Waals surface area contributed by atoms with Crippen LogP contribution >= 0.6 is 0 Å². The number of rotatable bonds is 6. The number of hydrogen-bond donors (Lipinski definition) is 0. The Balaban J connectivity index is 1.12. The first-order valence-electron chi connectivity index (χ1n) is 24.0. The normalized spacial score (nSPS) is 12.0. The maximum Gasteiger partial charge on any atom is 0.140 e. The molecular weight excluding hydrogens is 851 g/mol. The van der Waals surface area contributed by atoms with Gasteiger partial charge in [-0.1, -0.05) is 176 Å². The fourth-order valence-electron chi connectivity index (χ4n) is 11.7. The summed E-state index contributed by atoms with van der Waals surface area (Å²) < 4.78 is 9.70. The summed E-state index contributed by atoms with van der Waals surface area (Å²) in [4.78, 5) is 5.96. The second kappa shape index (κ2) is 15.0. The smallest absolute Gasteiger partial charge is 0.140 e. The highest BCUT2D eigenvalue weighted by Crippen LogP contribution is 2.45. The summed E-state index contributed by atoms with van der Waals surface area (Å²) in [6.45, 7) is 0. The molecule has 5 heterocycles. The standard InChI is InChI=1S/C65H41N5/c1-10-30-54-43(20-1)44-21-2-11-31-55(44)67(54)42-40-53(66-64(41-42)70-61-37-17-7-26-49(61)50-27-8-18-38-62(50)70)65-52(29-19-39-63(65)69-58-34-14-5-24-47(58)48-25-6-15-35-59(48)69)51-28-9-16-36-60(51)68-56-32-12-3-22-45(56)46-23-4-13-33-57(46)68/h1-41H. The van der Waals surface area contributed by atoms with Crippen molar-refractivity contribution in [2.45, 2.75) is 0 Å². The van der Waals surface area contributed by atoms with Gasteiger partial charge in [-0.3, -0.25) is 4.57 Å². The minimum Gasteiger partial charge on any atom is -0.309 e. The fourth-order valence-corrected chi connectivity index (χ4v) is 11.7. The number of hydrogen-bond acceptors (Lipinski definition) is 1. The third-order valence-electron chi connectivity index (χ3n) is 14.6. The quantitative estimate of drug-likeness (QED) is 0.164. The zero-order valence-electron chi connectivity index (χ0n) is 37.9. The van der Waals surface area contributed by atoms with E-state index in [-0.39, 0.29) is 0 Å².